The van der Waals surface area contributed by atoms with Crippen LogP contribution in [0.2, 0.25) is 0 Å². The van der Waals surface area contributed by atoms with Crippen LogP contribution in [0.4, 0.5) is 0 Å². The summed E-state index contributed by atoms with van der Waals surface area (Å²) in [6, 6.07) is 1.66. The fourth-order valence-electron chi connectivity index (χ4n) is 1.16. The van der Waals surface area contributed by atoms with E-state index in [1.807, 2.05) is 0 Å². The molecule has 5 heteroatoms. The van der Waals surface area contributed by atoms with E-state index in [0.29, 0.717) is 17.2 Å². The third-order valence-corrected chi connectivity index (χ3v) is 1.86. The second-order valence-electron chi connectivity index (χ2n) is 2.68. The highest BCUT2D eigenvalue weighted by atomic mass is 16.5. The van der Waals surface area contributed by atoms with Crippen LogP contribution < -0.4 is 15.2 Å². The molecule has 5 nitrogen and oxygen atoms in total. The second-order valence-corrected chi connectivity index (χ2v) is 2.68. The molecule has 0 spiro atoms. The summed E-state index contributed by atoms with van der Waals surface area (Å²) in [6.07, 6.45) is 0.704. The Labute approximate surface area is 82.5 Å². The van der Waals surface area contributed by atoms with Crippen molar-refractivity contribution in [2.24, 2.45) is 5.73 Å². The predicted octanol–water partition coefficient (Wildman–Crippen LogP) is 0.0909. The van der Waals surface area contributed by atoms with Gasteiger partial charge in [-0.2, -0.15) is 0 Å². The lowest BCUT2D eigenvalue weighted by Crippen LogP contribution is -2.14. The van der Waals surface area contributed by atoms with Gasteiger partial charge in [-0.3, -0.25) is 4.98 Å². The fourth-order valence-corrected chi connectivity index (χ4v) is 1.16. The molecule has 0 saturated heterocycles. The first-order valence-electron chi connectivity index (χ1n) is 4.19. The summed E-state index contributed by atoms with van der Waals surface area (Å²) < 4.78 is 10.1. The minimum absolute atomic E-state index is 0.0938. The highest BCUT2D eigenvalue weighted by Gasteiger charge is 2.16. The topological polar surface area (TPSA) is 77.6 Å². The van der Waals surface area contributed by atoms with Crippen LogP contribution in [-0.4, -0.2) is 30.9 Å². The van der Waals surface area contributed by atoms with Crippen molar-refractivity contribution in [2.45, 2.75) is 6.10 Å². The Bertz CT molecular complexity index is 304. The van der Waals surface area contributed by atoms with Gasteiger partial charge in [-0.1, -0.05) is 0 Å². The zero-order chi connectivity index (χ0) is 10.6. The van der Waals surface area contributed by atoms with Gasteiger partial charge in [0.2, 0.25) is 0 Å². The van der Waals surface area contributed by atoms with Gasteiger partial charge in [0.25, 0.3) is 0 Å². The van der Waals surface area contributed by atoms with Crippen LogP contribution in [0.1, 0.15) is 11.8 Å². The largest absolute Gasteiger partial charge is 0.493 e. The monoisotopic (exact) mass is 198 g/mol. The maximum Gasteiger partial charge on any atom is 0.185 e. The van der Waals surface area contributed by atoms with Gasteiger partial charge in [-0.05, 0) is 0 Å². The number of aliphatic hydroxyl groups is 1. The van der Waals surface area contributed by atoms with Crippen LogP contribution in [0, 0.1) is 0 Å². The van der Waals surface area contributed by atoms with Crippen LogP contribution in [0.15, 0.2) is 12.3 Å². The quantitative estimate of drug-likeness (QED) is 0.717. The van der Waals surface area contributed by atoms with Crippen LogP contribution in [0.5, 0.6) is 11.5 Å². The number of aliphatic hydroxyl groups excluding tert-OH is 1. The third kappa shape index (κ3) is 1.94. The van der Waals surface area contributed by atoms with Crippen LogP contribution in [-0.2, 0) is 0 Å². The molecule has 3 N–H and O–H groups in total. The van der Waals surface area contributed by atoms with E-state index in [-0.39, 0.29) is 6.54 Å². The van der Waals surface area contributed by atoms with E-state index in [0.717, 1.165) is 0 Å². The first-order chi connectivity index (χ1) is 6.74. The number of pyridine rings is 1. The van der Waals surface area contributed by atoms with E-state index in [9.17, 15) is 5.11 Å². The lowest BCUT2D eigenvalue weighted by atomic mass is 10.2. The molecule has 0 aromatic carbocycles. The first kappa shape index (κ1) is 10.7. The highest BCUT2D eigenvalue weighted by Crippen LogP contribution is 2.32. The molecule has 1 atom stereocenters. The molecule has 78 valence electrons. The smallest absolute Gasteiger partial charge is 0.185 e. The number of ether oxygens (including phenoxy) is 2. The summed E-state index contributed by atoms with van der Waals surface area (Å²) in [5, 5.41) is 9.54. The van der Waals surface area contributed by atoms with E-state index in [4.69, 9.17) is 15.2 Å². The molecule has 0 fully saturated rings. The van der Waals surface area contributed by atoms with Crippen molar-refractivity contribution < 1.29 is 14.6 Å². The number of nitrogens with zero attached hydrogens (tertiary/aromatic N) is 1. The minimum atomic E-state index is -0.833. The number of aromatic nitrogens is 1. The molecule has 14 heavy (non-hydrogen) atoms. The number of nitrogens with two attached hydrogens (primary N) is 1. The molecule has 0 amide bonds. The van der Waals surface area contributed by atoms with E-state index in [1.165, 1.54) is 20.4 Å². The van der Waals surface area contributed by atoms with Crippen LogP contribution in [0.25, 0.3) is 0 Å². The molecule has 1 unspecified atom stereocenters. The summed E-state index contributed by atoms with van der Waals surface area (Å²) in [5.41, 5.74) is 5.73. The molecule has 1 heterocycles. The Morgan fingerprint density at radius 2 is 2.21 bits per heavy atom. The summed E-state index contributed by atoms with van der Waals surface area (Å²) in [4.78, 5) is 3.99. The average Bonchev–Trinajstić information content (AvgIpc) is 2.26. The first-order valence-corrected chi connectivity index (χ1v) is 4.19. The molecule has 0 bridgehead atoms. The van der Waals surface area contributed by atoms with E-state index in [1.54, 1.807) is 6.07 Å². The van der Waals surface area contributed by atoms with E-state index < -0.39 is 6.10 Å². The normalized spacial score (nSPS) is 12.3. The molecule has 0 saturated carbocycles. The predicted molar refractivity (Wildman–Crippen MR) is 51.4 cm³/mol. The van der Waals surface area contributed by atoms with Gasteiger partial charge in [0.15, 0.2) is 11.5 Å². The summed E-state index contributed by atoms with van der Waals surface area (Å²) in [7, 11) is 3.02. The zero-order valence-electron chi connectivity index (χ0n) is 8.23. The summed E-state index contributed by atoms with van der Waals surface area (Å²) in [5.74, 6) is 0.956. The van der Waals surface area contributed by atoms with Gasteiger partial charge >= 0.3 is 0 Å². The van der Waals surface area contributed by atoms with Crippen molar-refractivity contribution in [2.75, 3.05) is 20.8 Å². The molecule has 0 aliphatic heterocycles. The van der Waals surface area contributed by atoms with Crippen LogP contribution in [0.3, 0.4) is 0 Å². The molecule has 1 rings (SSSR count). The van der Waals surface area contributed by atoms with Crippen molar-refractivity contribution >= 4 is 0 Å². The van der Waals surface area contributed by atoms with Gasteiger partial charge in [0.1, 0.15) is 11.8 Å². The standard InChI is InChI=1S/C9H14N2O3/c1-13-7-3-4-11-8(6(12)5-10)9(7)14-2/h3-4,6,12H,5,10H2,1-2H3. The third-order valence-electron chi connectivity index (χ3n) is 1.86. The van der Waals surface area contributed by atoms with Gasteiger partial charge in [-0.15, -0.1) is 0 Å². The Kier molecular flexibility index (Phi) is 3.67. The van der Waals surface area contributed by atoms with E-state index in [2.05, 4.69) is 4.98 Å². The van der Waals surface area contributed by atoms with Crippen molar-refractivity contribution in [3.05, 3.63) is 18.0 Å². The van der Waals surface area contributed by atoms with Crippen molar-refractivity contribution in [3.63, 3.8) is 0 Å². The Hall–Kier alpha value is -1.33. The second kappa shape index (κ2) is 4.78. The van der Waals surface area contributed by atoms with Crippen molar-refractivity contribution in [1.82, 2.24) is 4.98 Å². The lowest BCUT2D eigenvalue weighted by Gasteiger charge is -2.14. The average molecular weight is 198 g/mol. The number of hydrogen-bond donors (Lipinski definition) is 2. The fraction of sp³-hybridized carbons (Fsp3) is 0.444. The molecular formula is C9H14N2O3. The molecule has 0 aliphatic carbocycles. The molecule has 0 radical (unpaired) electrons. The Morgan fingerprint density at radius 3 is 2.71 bits per heavy atom. The van der Waals surface area contributed by atoms with Crippen molar-refractivity contribution in [3.8, 4) is 11.5 Å². The molecular weight excluding hydrogens is 184 g/mol. The Balaban J connectivity index is 3.14. The number of hydrogen-bond acceptors (Lipinski definition) is 5. The lowest BCUT2D eigenvalue weighted by molar-refractivity contribution is 0.175. The molecule has 1 aromatic rings. The van der Waals surface area contributed by atoms with Gasteiger partial charge in [0.05, 0.1) is 14.2 Å². The number of methoxy groups -OCH3 is 2. The van der Waals surface area contributed by atoms with E-state index >= 15 is 0 Å². The summed E-state index contributed by atoms with van der Waals surface area (Å²) in [6.45, 7) is 0.0938. The van der Waals surface area contributed by atoms with Crippen LogP contribution >= 0.6 is 0 Å². The van der Waals surface area contributed by atoms with Gasteiger partial charge in [-0.25, -0.2) is 0 Å². The zero-order valence-corrected chi connectivity index (χ0v) is 8.23. The summed E-state index contributed by atoms with van der Waals surface area (Å²) >= 11 is 0. The molecule has 1 aromatic heterocycles. The SMILES string of the molecule is COc1ccnc(C(O)CN)c1OC. The maximum absolute atomic E-state index is 9.54. The highest BCUT2D eigenvalue weighted by molar-refractivity contribution is 5.43. The molecule has 0 aliphatic rings. The Morgan fingerprint density at radius 1 is 1.50 bits per heavy atom. The van der Waals surface area contributed by atoms with Gasteiger partial charge in [0, 0.05) is 18.8 Å². The maximum atomic E-state index is 9.54. The minimum Gasteiger partial charge on any atom is -0.493 e. The van der Waals surface area contributed by atoms with Crippen molar-refractivity contribution in [1.29, 1.82) is 0 Å². The number of rotatable bonds is 4. The van der Waals surface area contributed by atoms with Gasteiger partial charge < -0.3 is 20.3 Å².